The molecule has 1 aliphatic rings. The lowest BCUT2D eigenvalue weighted by molar-refractivity contribution is -0.192. The number of hydrogen-bond acceptors (Lipinski definition) is 4. The Hall–Kier alpha value is -4.22. The number of aromatic nitrogens is 2. The molecule has 5 rings (SSSR count). The van der Waals surface area contributed by atoms with Gasteiger partial charge in [-0.15, -0.1) is 0 Å². The van der Waals surface area contributed by atoms with Crippen LogP contribution in [0.3, 0.4) is 0 Å². The van der Waals surface area contributed by atoms with Crippen LogP contribution in [0, 0.1) is 0 Å². The fourth-order valence-corrected chi connectivity index (χ4v) is 4.03. The topological polar surface area (TPSA) is 84.7 Å². The number of pyridine rings is 1. The van der Waals surface area contributed by atoms with E-state index in [0.717, 1.165) is 16.3 Å². The third kappa shape index (κ3) is 5.84. The molecular formula is C26H22F5N3O4. The number of fused-ring (bicyclic) bond motifs is 2. The quantitative estimate of drug-likeness (QED) is 0.361. The number of carbonyl (C=O) groups excluding carboxylic acids is 1. The number of ether oxygens (including phenoxy) is 1. The van der Waals surface area contributed by atoms with Gasteiger partial charge in [0.25, 0.3) is 11.8 Å². The molecule has 1 atom stereocenters. The molecule has 1 amide bonds. The van der Waals surface area contributed by atoms with Crippen LogP contribution in [0.25, 0.3) is 21.8 Å². The second-order valence-corrected chi connectivity index (χ2v) is 8.71. The summed E-state index contributed by atoms with van der Waals surface area (Å²) in [6, 6.07) is 18.1. The zero-order chi connectivity index (χ0) is 27.7. The molecular weight excluding hydrogens is 513 g/mol. The average molecular weight is 535 g/mol. The van der Waals surface area contributed by atoms with Crippen molar-refractivity contribution >= 4 is 33.7 Å². The van der Waals surface area contributed by atoms with Crippen LogP contribution in [0.1, 0.15) is 16.8 Å². The third-order valence-corrected chi connectivity index (χ3v) is 6.07. The molecule has 7 nitrogen and oxygen atoms in total. The Kier molecular flexibility index (Phi) is 7.25. The van der Waals surface area contributed by atoms with Gasteiger partial charge in [-0.25, -0.2) is 18.6 Å². The number of likely N-dealkylation sites (tertiary alicyclic amines) is 1. The number of piperidine rings is 1. The maximum absolute atomic E-state index is 14.6. The van der Waals surface area contributed by atoms with Gasteiger partial charge < -0.3 is 19.3 Å². The number of carboxylic acids is 1. The van der Waals surface area contributed by atoms with Crippen molar-refractivity contribution in [3.05, 3.63) is 72.4 Å². The van der Waals surface area contributed by atoms with Crippen molar-refractivity contribution in [1.82, 2.24) is 14.5 Å². The van der Waals surface area contributed by atoms with Crippen LogP contribution in [-0.2, 0) is 11.8 Å². The zero-order valence-electron chi connectivity index (χ0n) is 20.0. The molecule has 0 saturated carbocycles. The number of carboxylic acid groups (broad SMARTS) is 1. The predicted octanol–water partition coefficient (Wildman–Crippen LogP) is 5.29. The van der Waals surface area contributed by atoms with Gasteiger partial charge in [0.15, 0.2) is 6.10 Å². The summed E-state index contributed by atoms with van der Waals surface area (Å²) in [5.74, 6) is -5.95. The molecule has 3 heterocycles. The molecule has 200 valence electrons. The lowest BCUT2D eigenvalue weighted by Gasteiger charge is -2.38. The minimum atomic E-state index is -5.08. The van der Waals surface area contributed by atoms with Gasteiger partial charge in [-0.05, 0) is 36.4 Å². The Morgan fingerprint density at radius 2 is 1.76 bits per heavy atom. The standard InChI is InChI=1S/C24H21F2N3O2.C2HF3O2/c1-28-12-10-17-14-18(6-8-20(17)28)23(30)29-13-11-24(25,26)21(15-29)31-22-9-7-16-4-2-3-5-19(16)27-22;3-2(4,5)1(6)7/h2-10,12,14,21H,11,13,15H2,1H3;(H,6,7). The van der Waals surface area contributed by atoms with Gasteiger partial charge >= 0.3 is 12.1 Å². The number of aliphatic carboxylic acids is 1. The first-order valence-corrected chi connectivity index (χ1v) is 11.4. The van der Waals surface area contributed by atoms with Crippen LogP contribution in [0.4, 0.5) is 22.0 Å². The molecule has 0 aliphatic carbocycles. The van der Waals surface area contributed by atoms with Gasteiger partial charge in [-0.2, -0.15) is 13.2 Å². The summed E-state index contributed by atoms with van der Waals surface area (Å²) in [7, 11) is 1.93. The number of aryl methyl sites for hydroxylation is 1. The van der Waals surface area contributed by atoms with E-state index in [1.54, 1.807) is 30.3 Å². The molecule has 1 fully saturated rings. The largest absolute Gasteiger partial charge is 0.490 e. The minimum absolute atomic E-state index is 0.0241. The normalized spacial score (nSPS) is 17.1. The molecule has 0 radical (unpaired) electrons. The highest BCUT2D eigenvalue weighted by Crippen LogP contribution is 2.32. The molecule has 1 saturated heterocycles. The number of amides is 1. The molecule has 0 spiro atoms. The van der Waals surface area contributed by atoms with Gasteiger partial charge in [-0.3, -0.25) is 4.79 Å². The number of alkyl halides is 5. The van der Waals surface area contributed by atoms with Crippen LogP contribution in [0.15, 0.2) is 66.9 Å². The number of benzene rings is 2. The average Bonchev–Trinajstić information content (AvgIpc) is 3.24. The molecule has 2 aromatic carbocycles. The second-order valence-electron chi connectivity index (χ2n) is 8.71. The highest BCUT2D eigenvalue weighted by Gasteiger charge is 2.47. The van der Waals surface area contributed by atoms with Crippen LogP contribution in [-0.4, -0.2) is 62.7 Å². The first-order valence-electron chi connectivity index (χ1n) is 11.4. The fourth-order valence-electron chi connectivity index (χ4n) is 4.03. The van der Waals surface area contributed by atoms with Crippen molar-refractivity contribution in [1.29, 1.82) is 0 Å². The molecule has 12 heteroatoms. The summed E-state index contributed by atoms with van der Waals surface area (Å²) < 4.78 is 68.6. The lowest BCUT2D eigenvalue weighted by Crippen LogP contribution is -2.55. The van der Waals surface area contributed by atoms with Crippen LogP contribution >= 0.6 is 0 Å². The van der Waals surface area contributed by atoms with Crippen molar-refractivity contribution in [2.45, 2.75) is 24.6 Å². The maximum Gasteiger partial charge on any atom is 0.490 e. The Labute approximate surface area is 213 Å². The van der Waals surface area contributed by atoms with E-state index in [2.05, 4.69) is 4.98 Å². The Morgan fingerprint density at radius 3 is 2.47 bits per heavy atom. The van der Waals surface area contributed by atoms with Gasteiger partial charge in [-0.1, -0.05) is 18.2 Å². The summed E-state index contributed by atoms with van der Waals surface area (Å²) in [6.45, 7) is -0.225. The minimum Gasteiger partial charge on any atom is -0.475 e. The van der Waals surface area contributed by atoms with E-state index in [9.17, 15) is 26.7 Å². The fraction of sp³-hybridized carbons (Fsp3) is 0.269. The van der Waals surface area contributed by atoms with E-state index in [-0.39, 0.29) is 24.9 Å². The molecule has 38 heavy (non-hydrogen) atoms. The number of para-hydroxylation sites is 1. The van der Waals surface area contributed by atoms with E-state index < -0.39 is 30.6 Å². The van der Waals surface area contributed by atoms with Crippen LogP contribution in [0.2, 0.25) is 0 Å². The number of hydrogen-bond donors (Lipinski definition) is 1. The van der Waals surface area contributed by atoms with Crippen molar-refractivity contribution < 1.29 is 41.4 Å². The summed E-state index contributed by atoms with van der Waals surface area (Å²) in [5.41, 5.74) is 2.15. The van der Waals surface area contributed by atoms with Crippen LogP contribution in [0.5, 0.6) is 5.88 Å². The third-order valence-electron chi connectivity index (χ3n) is 6.07. The number of halogens is 5. The monoisotopic (exact) mass is 535 g/mol. The highest BCUT2D eigenvalue weighted by molar-refractivity contribution is 5.98. The van der Waals surface area contributed by atoms with Crippen molar-refractivity contribution in [2.24, 2.45) is 7.05 Å². The summed E-state index contributed by atoms with van der Waals surface area (Å²) >= 11 is 0. The first-order chi connectivity index (χ1) is 17.8. The van der Waals surface area contributed by atoms with E-state index in [4.69, 9.17) is 14.6 Å². The molecule has 0 bridgehead atoms. The smallest absolute Gasteiger partial charge is 0.475 e. The van der Waals surface area contributed by atoms with Gasteiger partial charge in [0.1, 0.15) is 0 Å². The second kappa shape index (κ2) is 10.3. The molecule has 1 aliphatic heterocycles. The Balaban J connectivity index is 0.000000426. The van der Waals surface area contributed by atoms with Crippen molar-refractivity contribution in [3.8, 4) is 5.88 Å². The summed E-state index contributed by atoms with van der Waals surface area (Å²) in [6.07, 6.45) is -5.08. The molecule has 1 N–H and O–H groups in total. The summed E-state index contributed by atoms with van der Waals surface area (Å²) in [4.78, 5) is 27.7. The first kappa shape index (κ1) is 26.8. The van der Waals surface area contributed by atoms with Gasteiger partial charge in [0.05, 0.1) is 12.1 Å². The Bertz CT molecular complexity index is 1480. The number of carbonyl (C=O) groups is 2. The Morgan fingerprint density at radius 1 is 1.05 bits per heavy atom. The van der Waals surface area contributed by atoms with Crippen LogP contribution < -0.4 is 4.74 Å². The maximum atomic E-state index is 14.6. The SMILES string of the molecule is Cn1ccc2cc(C(=O)N3CCC(F)(F)C(Oc4ccc5ccccc5n4)C3)ccc21.O=C(O)C(F)(F)F. The van der Waals surface area contributed by atoms with E-state index >= 15 is 0 Å². The summed E-state index contributed by atoms with van der Waals surface area (Å²) in [5, 5.41) is 8.96. The zero-order valence-corrected chi connectivity index (χ0v) is 20.0. The van der Waals surface area contributed by atoms with Crippen molar-refractivity contribution in [2.75, 3.05) is 13.1 Å². The molecule has 1 unspecified atom stereocenters. The highest BCUT2D eigenvalue weighted by atomic mass is 19.4. The lowest BCUT2D eigenvalue weighted by atomic mass is 10.0. The van der Waals surface area contributed by atoms with Gasteiger partial charge in [0, 0.05) is 54.1 Å². The number of rotatable bonds is 3. The molecule has 4 aromatic rings. The van der Waals surface area contributed by atoms with Gasteiger partial charge in [0.2, 0.25) is 5.88 Å². The van der Waals surface area contributed by atoms with E-state index in [0.29, 0.717) is 11.1 Å². The predicted molar refractivity (Wildman–Crippen MR) is 128 cm³/mol. The molecule has 2 aromatic heterocycles. The van der Waals surface area contributed by atoms with E-state index in [1.165, 1.54) is 4.90 Å². The van der Waals surface area contributed by atoms with Crippen molar-refractivity contribution in [3.63, 3.8) is 0 Å². The number of nitrogens with zero attached hydrogens (tertiary/aromatic N) is 3. The van der Waals surface area contributed by atoms with E-state index in [1.807, 2.05) is 48.1 Å².